The topological polar surface area (TPSA) is 12.0 Å². The van der Waals surface area contributed by atoms with Gasteiger partial charge in [0.25, 0.3) is 0 Å². The molecule has 0 atom stereocenters. The minimum absolute atomic E-state index is 0. The predicted molar refractivity (Wildman–Crippen MR) is 59.8 cm³/mol. The van der Waals surface area contributed by atoms with E-state index in [1.807, 2.05) is 0 Å². The smallest absolute Gasteiger partial charge is 0.158 e. The highest BCUT2D eigenvalue weighted by Gasteiger charge is 1.94. The first-order chi connectivity index (χ1) is 6.80. The first kappa shape index (κ1) is 14.0. The molecule has 0 aromatic heterocycles. The Labute approximate surface area is 90.5 Å². The van der Waals surface area contributed by atoms with Crippen LogP contribution in [0.5, 0.6) is 0 Å². The van der Waals surface area contributed by atoms with Crippen LogP contribution in [0.15, 0.2) is 24.3 Å². The van der Waals surface area contributed by atoms with Crippen molar-refractivity contribution in [1.82, 2.24) is 5.32 Å². The Balaban J connectivity index is 0.000000253. The highest BCUT2D eigenvalue weighted by Crippen LogP contribution is 2.01. The molecule has 0 radical (unpaired) electrons. The average Bonchev–Trinajstić information content (AvgIpc) is 2.26. The summed E-state index contributed by atoms with van der Waals surface area (Å²) in [4.78, 5) is 0. The molecule has 1 N–H and O–H groups in total. The normalized spacial score (nSPS) is 14.5. The molecule has 0 spiro atoms. The van der Waals surface area contributed by atoms with Gasteiger partial charge in [-0.25, -0.2) is 8.78 Å². The SMILES string of the molecule is C.C1CCNCC1.Fc1ccccc1F. The van der Waals surface area contributed by atoms with E-state index < -0.39 is 11.6 Å². The molecule has 0 bridgehead atoms. The first-order valence-corrected chi connectivity index (χ1v) is 4.91. The summed E-state index contributed by atoms with van der Waals surface area (Å²) in [6.45, 7) is 2.50. The second kappa shape index (κ2) is 8.36. The van der Waals surface area contributed by atoms with Crippen LogP contribution in [0.2, 0.25) is 0 Å². The molecule has 15 heavy (non-hydrogen) atoms. The minimum Gasteiger partial charge on any atom is -0.317 e. The number of piperidine rings is 1. The summed E-state index contributed by atoms with van der Waals surface area (Å²) in [6, 6.07) is 5.04. The van der Waals surface area contributed by atoms with Gasteiger partial charge in [-0.3, -0.25) is 0 Å². The molecule has 1 aliphatic heterocycles. The summed E-state index contributed by atoms with van der Waals surface area (Å²) >= 11 is 0. The Kier molecular flexibility index (Phi) is 7.82. The summed E-state index contributed by atoms with van der Waals surface area (Å²) in [5.41, 5.74) is 0. The summed E-state index contributed by atoms with van der Waals surface area (Å²) in [6.07, 6.45) is 4.22. The van der Waals surface area contributed by atoms with Gasteiger partial charge in [-0.2, -0.15) is 0 Å². The number of hydrogen-bond acceptors (Lipinski definition) is 1. The lowest BCUT2D eigenvalue weighted by Gasteiger charge is -2.08. The third-order valence-corrected chi connectivity index (χ3v) is 2.03. The lowest BCUT2D eigenvalue weighted by Crippen LogP contribution is -2.21. The summed E-state index contributed by atoms with van der Waals surface area (Å²) in [5, 5.41) is 3.28. The molecule has 1 aromatic carbocycles. The van der Waals surface area contributed by atoms with Gasteiger partial charge in [0.1, 0.15) is 0 Å². The van der Waals surface area contributed by atoms with E-state index in [1.165, 1.54) is 44.5 Å². The molecule has 86 valence electrons. The van der Waals surface area contributed by atoms with Crippen molar-refractivity contribution in [2.75, 3.05) is 13.1 Å². The van der Waals surface area contributed by atoms with Crippen molar-refractivity contribution in [3.8, 4) is 0 Å². The van der Waals surface area contributed by atoms with Gasteiger partial charge >= 0.3 is 0 Å². The molecule has 2 rings (SSSR count). The van der Waals surface area contributed by atoms with Crippen LogP contribution < -0.4 is 5.32 Å². The van der Waals surface area contributed by atoms with Gasteiger partial charge in [-0.15, -0.1) is 0 Å². The van der Waals surface area contributed by atoms with E-state index in [0.29, 0.717) is 0 Å². The third-order valence-electron chi connectivity index (χ3n) is 2.03. The Bertz CT molecular complexity index is 227. The maximum Gasteiger partial charge on any atom is 0.158 e. The van der Waals surface area contributed by atoms with Crippen LogP contribution >= 0.6 is 0 Å². The van der Waals surface area contributed by atoms with Crippen molar-refractivity contribution in [2.24, 2.45) is 0 Å². The van der Waals surface area contributed by atoms with Gasteiger partial charge in [0, 0.05) is 0 Å². The second-order valence-corrected chi connectivity index (χ2v) is 3.22. The fourth-order valence-corrected chi connectivity index (χ4v) is 1.24. The molecule has 0 saturated carbocycles. The zero-order valence-electron chi connectivity index (χ0n) is 8.10. The monoisotopic (exact) mass is 215 g/mol. The lowest BCUT2D eigenvalue weighted by molar-refractivity contribution is 0.508. The number of benzene rings is 1. The number of nitrogens with one attached hydrogen (secondary N) is 1. The summed E-state index contributed by atoms with van der Waals surface area (Å²) < 4.78 is 23.9. The maximum atomic E-state index is 11.9. The highest BCUT2D eigenvalue weighted by atomic mass is 19.2. The van der Waals surface area contributed by atoms with Gasteiger partial charge in [-0.1, -0.05) is 26.0 Å². The van der Waals surface area contributed by atoms with Crippen molar-refractivity contribution in [3.05, 3.63) is 35.9 Å². The maximum absolute atomic E-state index is 11.9. The van der Waals surface area contributed by atoms with Crippen LogP contribution in [0, 0.1) is 11.6 Å². The van der Waals surface area contributed by atoms with Gasteiger partial charge in [0.15, 0.2) is 11.6 Å². The van der Waals surface area contributed by atoms with Crippen LogP contribution in [0.1, 0.15) is 26.7 Å². The Morgan fingerprint density at radius 1 is 0.867 bits per heavy atom. The number of halogens is 2. The molecule has 1 aliphatic rings. The Morgan fingerprint density at radius 2 is 1.33 bits per heavy atom. The quantitative estimate of drug-likeness (QED) is 0.699. The Morgan fingerprint density at radius 3 is 1.53 bits per heavy atom. The zero-order chi connectivity index (χ0) is 10.2. The zero-order valence-corrected chi connectivity index (χ0v) is 8.10. The van der Waals surface area contributed by atoms with E-state index in [-0.39, 0.29) is 7.43 Å². The molecular formula is C12H19F2N. The van der Waals surface area contributed by atoms with Crippen LogP contribution in [-0.4, -0.2) is 13.1 Å². The van der Waals surface area contributed by atoms with Gasteiger partial charge in [0.05, 0.1) is 0 Å². The molecule has 1 saturated heterocycles. The Hall–Kier alpha value is -0.960. The van der Waals surface area contributed by atoms with E-state index in [4.69, 9.17) is 0 Å². The highest BCUT2D eigenvalue weighted by molar-refractivity contribution is 5.05. The first-order valence-electron chi connectivity index (χ1n) is 4.91. The van der Waals surface area contributed by atoms with Crippen molar-refractivity contribution in [3.63, 3.8) is 0 Å². The molecule has 1 fully saturated rings. The largest absolute Gasteiger partial charge is 0.317 e. The van der Waals surface area contributed by atoms with Crippen LogP contribution in [-0.2, 0) is 0 Å². The van der Waals surface area contributed by atoms with Crippen molar-refractivity contribution < 1.29 is 8.78 Å². The van der Waals surface area contributed by atoms with E-state index >= 15 is 0 Å². The van der Waals surface area contributed by atoms with E-state index in [9.17, 15) is 8.78 Å². The van der Waals surface area contributed by atoms with Gasteiger partial charge in [-0.05, 0) is 38.1 Å². The predicted octanol–water partition coefficient (Wildman–Crippen LogP) is 3.36. The number of hydrogen-bond donors (Lipinski definition) is 1. The molecule has 1 heterocycles. The van der Waals surface area contributed by atoms with E-state index in [1.54, 1.807) is 0 Å². The second-order valence-electron chi connectivity index (χ2n) is 3.22. The summed E-state index contributed by atoms with van der Waals surface area (Å²) in [7, 11) is 0. The minimum atomic E-state index is -0.799. The van der Waals surface area contributed by atoms with Crippen LogP contribution in [0.4, 0.5) is 8.78 Å². The number of rotatable bonds is 0. The fourth-order valence-electron chi connectivity index (χ4n) is 1.24. The standard InChI is InChI=1S/C6H4F2.C5H11N.CH4/c7-5-3-1-2-4-6(5)8;1-2-4-6-5-3-1;/h1-4H;6H,1-5H2;1H4. The van der Waals surface area contributed by atoms with Gasteiger partial charge < -0.3 is 5.32 Å². The van der Waals surface area contributed by atoms with E-state index in [2.05, 4.69) is 5.32 Å². The molecule has 3 heteroatoms. The molecule has 1 aromatic rings. The third kappa shape index (κ3) is 6.18. The van der Waals surface area contributed by atoms with E-state index in [0.717, 1.165) is 12.1 Å². The molecular weight excluding hydrogens is 196 g/mol. The lowest BCUT2D eigenvalue weighted by atomic mass is 10.2. The van der Waals surface area contributed by atoms with Gasteiger partial charge in [0.2, 0.25) is 0 Å². The van der Waals surface area contributed by atoms with Crippen LogP contribution in [0.25, 0.3) is 0 Å². The van der Waals surface area contributed by atoms with Crippen molar-refractivity contribution >= 4 is 0 Å². The van der Waals surface area contributed by atoms with Crippen LogP contribution in [0.3, 0.4) is 0 Å². The fraction of sp³-hybridized carbons (Fsp3) is 0.500. The molecule has 1 nitrogen and oxygen atoms in total. The van der Waals surface area contributed by atoms with Crippen molar-refractivity contribution in [2.45, 2.75) is 26.7 Å². The van der Waals surface area contributed by atoms with Crippen molar-refractivity contribution in [1.29, 1.82) is 0 Å². The average molecular weight is 215 g/mol. The molecule has 0 amide bonds. The molecule has 0 aliphatic carbocycles. The summed E-state index contributed by atoms with van der Waals surface area (Å²) in [5.74, 6) is -1.60. The molecule has 0 unspecified atom stereocenters.